The Labute approximate surface area is 29.1 Å². The second kappa shape index (κ2) is 3.84. The van der Waals surface area contributed by atoms with E-state index in [1.165, 1.54) is 7.11 Å². The highest BCUT2D eigenvalue weighted by molar-refractivity contribution is 3.53. The van der Waals surface area contributed by atoms with E-state index in [1.807, 2.05) is 0 Å². The van der Waals surface area contributed by atoms with Crippen molar-refractivity contribution in [3.8, 4) is 0 Å². The summed E-state index contributed by atoms with van der Waals surface area (Å²) in [5.74, 6) is 0. The van der Waals surface area contributed by atoms with Crippen molar-refractivity contribution in [3.63, 3.8) is 0 Å². The standard InChI is InChI=1S/CH5NO3/c1-4-2-5-3/h2-3H,1H3. The molecule has 4 heteroatoms. The maximum absolute atomic E-state index is 7.33. The number of hydrogen-bond donors (Lipinski definition) is 2. The third-order valence-corrected chi connectivity index (χ3v) is 0.121. The van der Waals surface area contributed by atoms with Gasteiger partial charge < -0.3 is 0 Å². The van der Waals surface area contributed by atoms with Gasteiger partial charge in [0.1, 0.15) is 0 Å². The van der Waals surface area contributed by atoms with Crippen molar-refractivity contribution in [3.05, 3.63) is 0 Å². The molecule has 32 valence electrons. The van der Waals surface area contributed by atoms with Gasteiger partial charge in [0.05, 0.1) is 7.11 Å². The summed E-state index contributed by atoms with van der Waals surface area (Å²) >= 11 is 0. The molecule has 0 saturated heterocycles. The van der Waals surface area contributed by atoms with Gasteiger partial charge in [0.15, 0.2) is 0 Å². The lowest BCUT2D eigenvalue weighted by Gasteiger charge is -1.86. The van der Waals surface area contributed by atoms with E-state index >= 15 is 0 Å². The van der Waals surface area contributed by atoms with Crippen LogP contribution in [-0.4, -0.2) is 12.4 Å². The van der Waals surface area contributed by atoms with Crippen LogP contribution in [0.15, 0.2) is 0 Å². The fourth-order valence-electron chi connectivity index (χ4n) is 0.0373. The average molecular weight is 79.1 g/mol. The van der Waals surface area contributed by atoms with Crippen molar-refractivity contribution >= 4 is 0 Å². The van der Waals surface area contributed by atoms with Crippen LogP contribution in [0.3, 0.4) is 0 Å². The van der Waals surface area contributed by atoms with Crippen LogP contribution in [0.1, 0.15) is 0 Å². The van der Waals surface area contributed by atoms with E-state index in [-0.39, 0.29) is 0 Å². The first-order chi connectivity index (χ1) is 2.41. The van der Waals surface area contributed by atoms with Crippen LogP contribution >= 0.6 is 0 Å². The maximum Gasteiger partial charge on any atom is 0.0600 e. The molecule has 0 amide bonds. The van der Waals surface area contributed by atoms with Gasteiger partial charge in [0.2, 0.25) is 0 Å². The van der Waals surface area contributed by atoms with E-state index in [4.69, 9.17) is 5.26 Å². The minimum Gasteiger partial charge on any atom is -0.278 e. The minimum absolute atomic E-state index is 1.32. The minimum atomic E-state index is 1.32. The summed E-state index contributed by atoms with van der Waals surface area (Å²) in [6, 6.07) is 0. The second-order valence-corrected chi connectivity index (χ2v) is 0.379. The van der Waals surface area contributed by atoms with Gasteiger partial charge in [0.25, 0.3) is 0 Å². The smallest absolute Gasteiger partial charge is 0.0600 e. The third kappa shape index (κ3) is 3.84. The Bertz CT molecular complexity index is 14.4. The monoisotopic (exact) mass is 79.0 g/mol. The van der Waals surface area contributed by atoms with Crippen molar-refractivity contribution in [2.75, 3.05) is 7.11 Å². The van der Waals surface area contributed by atoms with Crippen LogP contribution in [-0.2, 0) is 9.83 Å². The molecule has 0 aliphatic rings. The lowest BCUT2D eigenvalue weighted by Crippen LogP contribution is -2.08. The Morgan fingerprint density at radius 1 is 1.80 bits per heavy atom. The van der Waals surface area contributed by atoms with Gasteiger partial charge in [-0.1, -0.05) is 0 Å². The zero-order valence-corrected chi connectivity index (χ0v) is 2.76. The highest BCUT2D eigenvalue weighted by Crippen LogP contribution is 1.45. The van der Waals surface area contributed by atoms with Crippen LogP contribution in [0.25, 0.3) is 0 Å². The molecule has 0 aromatic rings. The Morgan fingerprint density at radius 2 is 2.40 bits per heavy atom. The zero-order chi connectivity index (χ0) is 4.12. The quantitative estimate of drug-likeness (QED) is 0.347. The van der Waals surface area contributed by atoms with E-state index in [1.54, 1.807) is 5.64 Å². The molecule has 0 radical (unpaired) electrons. The van der Waals surface area contributed by atoms with E-state index in [0.717, 1.165) is 0 Å². The summed E-state index contributed by atoms with van der Waals surface area (Å²) in [6.45, 7) is 0. The largest absolute Gasteiger partial charge is 0.278 e. The first kappa shape index (κ1) is 4.84. The topological polar surface area (TPSA) is 50.7 Å². The van der Waals surface area contributed by atoms with Crippen LogP contribution in [0.4, 0.5) is 0 Å². The fourth-order valence-corrected chi connectivity index (χ4v) is 0.0373. The second-order valence-electron chi connectivity index (χ2n) is 0.379. The summed E-state index contributed by atoms with van der Waals surface area (Å²) in [5.41, 5.74) is 1.67. The molecule has 0 bridgehead atoms. The molecule has 0 fully saturated rings. The van der Waals surface area contributed by atoms with Gasteiger partial charge in [-0.2, -0.15) is 0 Å². The van der Waals surface area contributed by atoms with Crippen molar-refractivity contribution in [1.82, 2.24) is 5.64 Å². The number of rotatable bonds is 2. The van der Waals surface area contributed by atoms with Gasteiger partial charge in [-0.15, -0.1) is 4.99 Å². The molecule has 0 aromatic carbocycles. The van der Waals surface area contributed by atoms with Crippen molar-refractivity contribution in [1.29, 1.82) is 0 Å². The summed E-state index contributed by atoms with van der Waals surface area (Å²) in [6.07, 6.45) is 0. The molecule has 0 aliphatic heterocycles. The molecule has 0 spiro atoms. The van der Waals surface area contributed by atoms with Gasteiger partial charge in [-0.05, 0) is 5.64 Å². The first-order valence-corrected chi connectivity index (χ1v) is 0.999. The summed E-state index contributed by atoms with van der Waals surface area (Å²) in [5, 5.41) is 7.33. The summed E-state index contributed by atoms with van der Waals surface area (Å²) < 4.78 is 0. The fraction of sp³-hybridized carbons (Fsp3) is 1.00. The molecule has 4 nitrogen and oxygen atoms in total. The normalized spacial score (nSPS) is 8.40. The Morgan fingerprint density at radius 3 is 2.40 bits per heavy atom. The van der Waals surface area contributed by atoms with Crippen molar-refractivity contribution in [2.24, 2.45) is 0 Å². The Hall–Kier alpha value is -0.160. The summed E-state index contributed by atoms with van der Waals surface area (Å²) in [7, 11) is 1.32. The van der Waals surface area contributed by atoms with E-state index in [2.05, 4.69) is 9.83 Å². The molecule has 0 unspecified atom stereocenters. The van der Waals surface area contributed by atoms with Gasteiger partial charge in [-0.3, -0.25) is 4.84 Å². The lowest BCUT2D eigenvalue weighted by atomic mass is 11.7. The molecule has 0 aromatic heterocycles. The van der Waals surface area contributed by atoms with Gasteiger partial charge >= 0.3 is 0 Å². The highest BCUT2D eigenvalue weighted by Gasteiger charge is 1.61. The maximum atomic E-state index is 7.33. The predicted octanol–water partition coefficient (Wildman–Crippen LogP) is -0.458. The molecule has 0 aliphatic carbocycles. The van der Waals surface area contributed by atoms with Crippen molar-refractivity contribution < 1.29 is 15.1 Å². The molecule has 2 N–H and O–H groups in total. The van der Waals surface area contributed by atoms with E-state index < -0.39 is 0 Å². The molecule has 0 heterocycles. The zero-order valence-electron chi connectivity index (χ0n) is 2.76. The van der Waals surface area contributed by atoms with Crippen LogP contribution in [0.2, 0.25) is 0 Å². The first-order valence-electron chi connectivity index (χ1n) is 0.999. The molecule has 5 heavy (non-hydrogen) atoms. The van der Waals surface area contributed by atoms with Crippen LogP contribution in [0, 0.1) is 0 Å². The number of nitrogens with one attached hydrogen (secondary N) is 1. The number of hydrogen-bond acceptors (Lipinski definition) is 4. The van der Waals surface area contributed by atoms with Gasteiger partial charge in [0, 0.05) is 0 Å². The highest BCUT2D eigenvalue weighted by atomic mass is 17.2. The van der Waals surface area contributed by atoms with Crippen LogP contribution in [0.5, 0.6) is 0 Å². The Balaban J connectivity index is 2.19. The SMILES string of the molecule is CONOO. The summed E-state index contributed by atoms with van der Waals surface area (Å²) in [4.78, 5) is 7.19. The molecule has 0 saturated carbocycles. The average Bonchev–Trinajstić information content (AvgIpc) is 1.41. The predicted molar refractivity (Wildman–Crippen MR) is 13.9 cm³/mol. The Kier molecular flexibility index (Phi) is 3.72. The van der Waals surface area contributed by atoms with E-state index in [9.17, 15) is 0 Å². The third-order valence-electron chi connectivity index (χ3n) is 0.121. The van der Waals surface area contributed by atoms with E-state index in [0.29, 0.717) is 0 Å². The van der Waals surface area contributed by atoms with Crippen molar-refractivity contribution in [2.45, 2.75) is 0 Å². The molecular formula is CH5NO3. The molecule has 0 atom stereocenters. The van der Waals surface area contributed by atoms with Gasteiger partial charge in [-0.25, -0.2) is 5.26 Å². The lowest BCUT2D eigenvalue weighted by molar-refractivity contribution is -0.363. The molecule has 0 rings (SSSR count). The van der Waals surface area contributed by atoms with Crippen LogP contribution < -0.4 is 5.64 Å². The molecular weight excluding hydrogens is 74.0 g/mol.